The number of rotatable bonds is 3. The van der Waals surface area contributed by atoms with Crippen LogP contribution < -0.4 is 0 Å². The fraction of sp³-hybridized carbons (Fsp3) is 0.500. The molecule has 0 aromatic carbocycles. The van der Waals surface area contributed by atoms with Gasteiger partial charge in [-0.25, -0.2) is 18.6 Å². The molecule has 168 valence electrons. The number of hydrogen-bond donors (Lipinski definition) is 0. The first-order valence-corrected chi connectivity index (χ1v) is 9.75. The van der Waals surface area contributed by atoms with Crippen LogP contribution in [0.25, 0.3) is 5.65 Å². The van der Waals surface area contributed by atoms with Crippen LogP contribution in [-0.2, 0) is 10.9 Å². The van der Waals surface area contributed by atoms with Crippen molar-refractivity contribution in [3.05, 3.63) is 34.2 Å². The lowest BCUT2D eigenvalue weighted by Gasteiger charge is -2.35. The molecule has 13 heteroatoms. The predicted octanol–water partition coefficient (Wildman–Crippen LogP) is 4.00. The molecule has 0 radical (unpaired) electrons. The third-order valence-electron chi connectivity index (χ3n) is 5.43. The number of halogens is 6. The fourth-order valence-corrected chi connectivity index (χ4v) is 4.12. The molecule has 2 aliphatic rings. The summed E-state index contributed by atoms with van der Waals surface area (Å²) >= 11 is 6.09. The monoisotopic (exact) mass is 466 g/mol. The molecule has 0 spiro atoms. The third kappa shape index (κ3) is 3.88. The molecule has 0 N–H and O–H groups in total. The summed E-state index contributed by atoms with van der Waals surface area (Å²) in [6, 6.07) is 0.194. The van der Waals surface area contributed by atoms with Crippen LogP contribution in [0, 0.1) is 0 Å². The minimum Gasteiger partial charge on any atom is -0.448 e. The van der Waals surface area contributed by atoms with Crippen molar-refractivity contribution in [2.75, 3.05) is 26.2 Å². The van der Waals surface area contributed by atoms with Crippen molar-refractivity contribution in [3.63, 3.8) is 0 Å². The highest BCUT2D eigenvalue weighted by Crippen LogP contribution is 2.37. The number of hydrogen-bond acceptors (Lipinski definition) is 4. The van der Waals surface area contributed by atoms with E-state index in [1.54, 1.807) is 4.90 Å². The second-order valence-electron chi connectivity index (χ2n) is 7.26. The minimum atomic E-state index is -4.97. The standard InChI is InChI=1S/C18H16ClF5N4O3/c19-13-12(16(29)26-3-1-10(2-4-26)27-5-6-31-17(27)30)25-15-11(18(22,23)24)7-9(14(20)21)8-28(13)15/h7-8,10,14H,1-6H2. The Morgan fingerprint density at radius 3 is 2.45 bits per heavy atom. The van der Waals surface area contributed by atoms with E-state index in [1.165, 1.54) is 4.90 Å². The number of alkyl halides is 5. The third-order valence-corrected chi connectivity index (χ3v) is 5.79. The molecule has 2 aliphatic heterocycles. The Morgan fingerprint density at radius 1 is 1.23 bits per heavy atom. The number of imidazole rings is 1. The first-order valence-electron chi connectivity index (χ1n) is 9.37. The molecule has 2 aromatic rings. The second kappa shape index (κ2) is 7.81. The summed E-state index contributed by atoms with van der Waals surface area (Å²) in [7, 11) is 0. The van der Waals surface area contributed by atoms with E-state index in [0.717, 1.165) is 6.20 Å². The minimum absolute atomic E-state index is 0.110. The number of pyridine rings is 1. The SMILES string of the molecule is O=C(c1nc2c(C(F)(F)F)cc(C(F)F)cn2c1Cl)N1CCC(N2CCOC2=O)CC1. The summed E-state index contributed by atoms with van der Waals surface area (Å²) < 4.78 is 71.9. The number of carbonyl (C=O) groups is 2. The van der Waals surface area contributed by atoms with Crippen LogP contribution in [0.1, 0.15) is 40.9 Å². The highest BCUT2D eigenvalue weighted by atomic mass is 35.5. The number of piperidine rings is 1. The van der Waals surface area contributed by atoms with Gasteiger partial charge in [-0.05, 0) is 18.9 Å². The van der Waals surface area contributed by atoms with E-state index >= 15 is 0 Å². The van der Waals surface area contributed by atoms with Gasteiger partial charge < -0.3 is 14.5 Å². The highest BCUT2D eigenvalue weighted by molar-refractivity contribution is 6.33. The van der Waals surface area contributed by atoms with Gasteiger partial charge in [-0.2, -0.15) is 13.2 Å². The molecular formula is C18H16ClF5N4O3. The Morgan fingerprint density at radius 2 is 1.90 bits per heavy atom. The van der Waals surface area contributed by atoms with Crippen LogP contribution >= 0.6 is 11.6 Å². The second-order valence-corrected chi connectivity index (χ2v) is 7.62. The average molecular weight is 467 g/mol. The van der Waals surface area contributed by atoms with E-state index in [1.807, 2.05) is 0 Å². The van der Waals surface area contributed by atoms with E-state index in [0.29, 0.717) is 36.5 Å². The molecular weight excluding hydrogens is 451 g/mol. The molecule has 2 amide bonds. The summed E-state index contributed by atoms with van der Waals surface area (Å²) in [4.78, 5) is 31.3. The molecule has 7 nitrogen and oxygen atoms in total. The van der Waals surface area contributed by atoms with E-state index < -0.39 is 52.2 Å². The molecule has 0 bridgehead atoms. The molecule has 2 fully saturated rings. The zero-order valence-corrected chi connectivity index (χ0v) is 16.6. The molecule has 4 heterocycles. The van der Waals surface area contributed by atoms with E-state index in [2.05, 4.69) is 4.98 Å². The van der Waals surface area contributed by atoms with Crippen LogP contribution in [0.5, 0.6) is 0 Å². The number of fused-ring (bicyclic) bond motifs is 1. The molecule has 0 unspecified atom stereocenters. The highest BCUT2D eigenvalue weighted by Gasteiger charge is 2.38. The summed E-state index contributed by atoms with van der Waals surface area (Å²) in [6.45, 7) is 1.22. The topological polar surface area (TPSA) is 67.2 Å². The van der Waals surface area contributed by atoms with Gasteiger partial charge in [-0.3, -0.25) is 9.20 Å². The molecule has 0 aliphatic carbocycles. The molecule has 0 saturated carbocycles. The van der Waals surface area contributed by atoms with Crippen molar-refractivity contribution in [1.29, 1.82) is 0 Å². The maximum Gasteiger partial charge on any atom is 0.419 e. The maximum absolute atomic E-state index is 13.4. The number of likely N-dealkylation sites (tertiary alicyclic amines) is 1. The van der Waals surface area contributed by atoms with Crippen LogP contribution in [0.4, 0.5) is 26.7 Å². The van der Waals surface area contributed by atoms with Crippen molar-refractivity contribution in [3.8, 4) is 0 Å². The lowest BCUT2D eigenvalue weighted by molar-refractivity contribution is -0.136. The zero-order valence-electron chi connectivity index (χ0n) is 15.8. The normalized spacial score (nSPS) is 18.4. The Labute approximate surface area is 177 Å². The number of nitrogens with zero attached hydrogens (tertiary/aromatic N) is 4. The fourth-order valence-electron chi connectivity index (χ4n) is 3.87. The summed E-state index contributed by atoms with van der Waals surface area (Å²) in [5, 5.41) is -0.474. The largest absolute Gasteiger partial charge is 0.448 e. The Bertz CT molecular complexity index is 1030. The van der Waals surface area contributed by atoms with Crippen LogP contribution in [-0.4, -0.2) is 63.5 Å². The van der Waals surface area contributed by atoms with Gasteiger partial charge in [-0.1, -0.05) is 11.6 Å². The van der Waals surface area contributed by atoms with Gasteiger partial charge in [0.25, 0.3) is 12.3 Å². The van der Waals surface area contributed by atoms with Crippen molar-refractivity contribution >= 4 is 29.2 Å². The van der Waals surface area contributed by atoms with Crippen LogP contribution in [0.2, 0.25) is 5.15 Å². The van der Waals surface area contributed by atoms with Crippen molar-refractivity contribution < 1.29 is 36.3 Å². The van der Waals surface area contributed by atoms with Gasteiger partial charge in [0.05, 0.1) is 12.1 Å². The Balaban J connectivity index is 1.62. The lowest BCUT2D eigenvalue weighted by Crippen LogP contribution is -2.47. The average Bonchev–Trinajstić information content (AvgIpc) is 3.29. The summed E-state index contributed by atoms with van der Waals surface area (Å²) in [6.07, 6.45) is -6.90. The zero-order chi connectivity index (χ0) is 22.5. The van der Waals surface area contributed by atoms with E-state index in [9.17, 15) is 31.5 Å². The summed E-state index contributed by atoms with van der Waals surface area (Å²) in [5.74, 6) is -0.706. The first kappa shape index (κ1) is 21.6. The number of carbonyl (C=O) groups excluding carboxylic acids is 2. The molecule has 31 heavy (non-hydrogen) atoms. The van der Waals surface area contributed by atoms with Crippen molar-refractivity contribution in [2.24, 2.45) is 0 Å². The maximum atomic E-state index is 13.4. The molecule has 0 atom stereocenters. The van der Waals surface area contributed by atoms with Gasteiger partial charge in [0.2, 0.25) is 0 Å². The lowest BCUT2D eigenvalue weighted by atomic mass is 10.0. The predicted molar refractivity (Wildman–Crippen MR) is 97.1 cm³/mol. The number of cyclic esters (lactones) is 1. The van der Waals surface area contributed by atoms with Gasteiger partial charge >= 0.3 is 12.3 Å². The summed E-state index contributed by atoms with van der Waals surface area (Å²) in [5.41, 5.74) is -3.47. The smallest absolute Gasteiger partial charge is 0.419 e. The van der Waals surface area contributed by atoms with Gasteiger partial charge in [0.1, 0.15) is 11.8 Å². The van der Waals surface area contributed by atoms with Crippen LogP contribution in [0.3, 0.4) is 0 Å². The molecule has 2 saturated heterocycles. The number of aromatic nitrogens is 2. The number of ether oxygens (including phenoxy) is 1. The van der Waals surface area contributed by atoms with E-state index in [4.69, 9.17) is 16.3 Å². The number of amides is 2. The Hall–Kier alpha value is -2.63. The van der Waals surface area contributed by atoms with Crippen LogP contribution in [0.15, 0.2) is 12.3 Å². The van der Waals surface area contributed by atoms with Crippen molar-refractivity contribution in [2.45, 2.75) is 31.5 Å². The van der Waals surface area contributed by atoms with Gasteiger partial charge in [0, 0.05) is 30.9 Å². The van der Waals surface area contributed by atoms with Crippen molar-refractivity contribution in [1.82, 2.24) is 19.2 Å². The quantitative estimate of drug-likeness (QED) is 0.641. The first-order chi connectivity index (χ1) is 14.6. The van der Waals surface area contributed by atoms with Gasteiger partial charge in [0.15, 0.2) is 11.3 Å². The van der Waals surface area contributed by atoms with Gasteiger partial charge in [-0.15, -0.1) is 0 Å². The van der Waals surface area contributed by atoms with E-state index in [-0.39, 0.29) is 19.1 Å². The molecule has 2 aromatic heterocycles. The Kier molecular flexibility index (Phi) is 5.44. The molecule has 4 rings (SSSR count).